The highest BCUT2D eigenvalue weighted by atomic mass is 19.1. The highest BCUT2D eigenvalue weighted by molar-refractivity contribution is 5.84. The van der Waals surface area contributed by atoms with Gasteiger partial charge in [-0.05, 0) is 43.2 Å². The molecule has 9 heteroatoms. The molecule has 0 aromatic heterocycles. The van der Waals surface area contributed by atoms with Crippen molar-refractivity contribution < 1.29 is 32.9 Å². The van der Waals surface area contributed by atoms with Gasteiger partial charge in [-0.2, -0.15) is 0 Å². The van der Waals surface area contributed by atoms with Gasteiger partial charge in [0.2, 0.25) is 11.7 Å². The van der Waals surface area contributed by atoms with Crippen molar-refractivity contribution in [2.24, 2.45) is 0 Å². The first-order valence-corrected chi connectivity index (χ1v) is 9.18. The first-order chi connectivity index (χ1) is 14.4. The molecule has 2 rings (SSSR count). The number of methoxy groups -OCH3 is 3. The lowest BCUT2D eigenvalue weighted by Gasteiger charge is -2.16. The minimum absolute atomic E-state index is 0.0473. The van der Waals surface area contributed by atoms with Gasteiger partial charge in [-0.3, -0.25) is 20.4 Å². The Morgan fingerprint density at radius 3 is 2.17 bits per heavy atom. The number of amides is 2. The number of para-hydroxylation sites is 1. The van der Waals surface area contributed by atoms with Crippen molar-refractivity contribution >= 4 is 11.8 Å². The number of halogens is 1. The molecule has 2 aromatic carbocycles. The maximum Gasteiger partial charge on any atom is 0.279 e. The van der Waals surface area contributed by atoms with Crippen LogP contribution in [0.15, 0.2) is 36.4 Å². The number of hydrogen-bond acceptors (Lipinski definition) is 6. The third-order valence-corrected chi connectivity index (χ3v) is 4.20. The summed E-state index contributed by atoms with van der Waals surface area (Å²) in [6.07, 6.45) is -0.529. The van der Waals surface area contributed by atoms with E-state index >= 15 is 0 Å². The van der Waals surface area contributed by atoms with Crippen LogP contribution in [0.4, 0.5) is 4.39 Å². The number of ether oxygens (including phenoxy) is 4. The Hall–Kier alpha value is -3.49. The van der Waals surface area contributed by atoms with Crippen molar-refractivity contribution in [2.45, 2.75) is 25.9 Å². The fourth-order valence-electron chi connectivity index (χ4n) is 2.62. The normalized spacial score (nSPS) is 11.2. The minimum atomic E-state index is -1.00. The largest absolute Gasteiger partial charge is 0.493 e. The van der Waals surface area contributed by atoms with Gasteiger partial charge in [-0.15, -0.1) is 0 Å². The Kier molecular flexibility index (Phi) is 8.28. The number of benzene rings is 2. The molecule has 8 nitrogen and oxygen atoms in total. The summed E-state index contributed by atoms with van der Waals surface area (Å²) < 4.78 is 34.7. The molecule has 0 heterocycles. The van der Waals surface area contributed by atoms with E-state index in [2.05, 4.69) is 10.9 Å². The molecule has 0 spiro atoms. The van der Waals surface area contributed by atoms with Gasteiger partial charge in [-0.25, -0.2) is 4.39 Å². The van der Waals surface area contributed by atoms with E-state index in [0.717, 1.165) is 5.56 Å². The van der Waals surface area contributed by atoms with Gasteiger partial charge in [0.25, 0.3) is 5.91 Å². The SMILES string of the molecule is COc1cc(CCC(=O)NNC(=O)[C@@H](C)Oc2ccccc2F)cc(OC)c1OC. The molecule has 0 saturated carbocycles. The number of carbonyl (C=O) groups excluding carboxylic acids is 2. The molecule has 1 atom stereocenters. The van der Waals surface area contributed by atoms with Crippen LogP contribution in [-0.2, 0) is 16.0 Å². The van der Waals surface area contributed by atoms with Crippen molar-refractivity contribution in [1.29, 1.82) is 0 Å². The summed E-state index contributed by atoms with van der Waals surface area (Å²) in [4.78, 5) is 24.1. The Bertz CT molecular complexity index is 865. The highest BCUT2D eigenvalue weighted by Gasteiger charge is 2.18. The van der Waals surface area contributed by atoms with E-state index in [1.165, 1.54) is 46.5 Å². The van der Waals surface area contributed by atoms with Crippen molar-refractivity contribution in [3.63, 3.8) is 0 Å². The lowest BCUT2D eigenvalue weighted by molar-refractivity contribution is -0.132. The Labute approximate surface area is 174 Å². The zero-order valence-electron chi connectivity index (χ0n) is 17.3. The van der Waals surface area contributed by atoms with Crippen LogP contribution < -0.4 is 29.8 Å². The van der Waals surface area contributed by atoms with Gasteiger partial charge < -0.3 is 18.9 Å². The second-order valence-corrected chi connectivity index (χ2v) is 6.26. The van der Waals surface area contributed by atoms with E-state index in [1.807, 2.05) is 0 Å². The Balaban J connectivity index is 1.86. The quantitative estimate of drug-likeness (QED) is 0.605. The van der Waals surface area contributed by atoms with E-state index in [9.17, 15) is 14.0 Å². The smallest absolute Gasteiger partial charge is 0.279 e. The van der Waals surface area contributed by atoms with Crippen LogP contribution in [0, 0.1) is 5.82 Å². The molecule has 162 valence electrons. The zero-order valence-corrected chi connectivity index (χ0v) is 17.3. The van der Waals surface area contributed by atoms with E-state index < -0.39 is 23.7 Å². The van der Waals surface area contributed by atoms with Crippen LogP contribution in [0.3, 0.4) is 0 Å². The molecule has 0 fully saturated rings. The summed E-state index contributed by atoms with van der Waals surface area (Å²) in [5.74, 6) is -0.210. The summed E-state index contributed by atoms with van der Waals surface area (Å²) in [5, 5.41) is 0. The van der Waals surface area contributed by atoms with Gasteiger partial charge in [-0.1, -0.05) is 12.1 Å². The molecular formula is C21H25FN2O6. The molecular weight excluding hydrogens is 395 g/mol. The van der Waals surface area contributed by atoms with Crippen LogP contribution in [0.1, 0.15) is 18.9 Å². The standard InChI is InChI=1S/C21H25FN2O6/c1-13(30-16-8-6-5-7-15(16)22)21(26)24-23-19(25)10-9-14-11-17(27-2)20(29-4)18(12-14)28-3/h5-8,11-13H,9-10H2,1-4H3,(H,23,25)(H,24,26)/t13-/m1/s1. The molecule has 0 unspecified atom stereocenters. The summed E-state index contributed by atoms with van der Waals surface area (Å²) in [7, 11) is 4.52. The maximum atomic E-state index is 13.6. The van der Waals surface area contributed by atoms with Crippen molar-refractivity contribution in [3.8, 4) is 23.0 Å². The molecule has 0 bridgehead atoms. The summed E-state index contributed by atoms with van der Waals surface area (Å²) in [6.45, 7) is 1.45. The number of rotatable bonds is 9. The summed E-state index contributed by atoms with van der Waals surface area (Å²) in [6, 6.07) is 9.24. The Morgan fingerprint density at radius 2 is 1.60 bits per heavy atom. The lowest BCUT2D eigenvalue weighted by atomic mass is 10.1. The average molecular weight is 420 g/mol. The molecule has 30 heavy (non-hydrogen) atoms. The molecule has 0 saturated heterocycles. The van der Waals surface area contributed by atoms with Crippen LogP contribution in [0.2, 0.25) is 0 Å². The monoisotopic (exact) mass is 420 g/mol. The number of carbonyl (C=O) groups is 2. The van der Waals surface area contributed by atoms with E-state index in [4.69, 9.17) is 18.9 Å². The highest BCUT2D eigenvalue weighted by Crippen LogP contribution is 2.38. The topological polar surface area (TPSA) is 95.1 Å². The lowest BCUT2D eigenvalue weighted by Crippen LogP contribution is -2.47. The maximum absolute atomic E-state index is 13.6. The molecule has 0 aliphatic carbocycles. The fourth-order valence-corrected chi connectivity index (χ4v) is 2.62. The molecule has 2 N–H and O–H groups in total. The van der Waals surface area contributed by atoms with Crippen molar-refractivity contribution in [2.75, 3.05) is 21.3 Å². The van der Waals surface area contributed by atoms with E-state index in [1.54, 1.807) is 18.2 Å². The van der Waals surface area contributed by atoms with Gasteiger partial charge in [0, 0.05) is 6.42 Å². The number of hydrogen-bond donors (Lipinski definition) is 2. The predicted octanol–water partition coefficient (Wildman–Crippen LogP) is 2.40. The summed E-state index contributed by atoms with van der Waals surface area (Å²) in [5.41, 5.74) is 5.37. The third kappa shape index (κ3) is 6.00. The third-order valence-electron chi connectivity index (χ3n) is 4.20. The van der Waals surface area contributed by atoms with Gasteiger partial charge >= 0.3 is 0 Å². The zero-order chi connectivity index (χ0) is 22.1. The van der Waals surface area contributed by atoms with Gasteiger partial charge in [0.15, 0.2) is 29.2 Å². The number of aryl methyl sites for hydroxylation is 1. The fraction of sp³-hybridized carbons (Fsp3) is 0.333. The van der Waals surface area contributed by atoms with Crippen molar-refractivity contribution in [3.05, 3.63) is 47.8 Å². The second kappa shape index (κ2) is 10.9. The minimum Gasteiger partial charge on any atom is -0.493 e. The Morgan fingerprint density at radius 1 is 0.967 bits per heavy atom. The van der Waals surface area contributed by atoms with Gasteiger partial charge in [0.05, 0.1) is 21.3 Å². The molecule has 0 radical (unpaired) electrons. The van der Waals surface area contributed by atoms with Crippen LogP contribution in [0.25, 0.3) is 0 Å². The molecule has 2 aromatic rings. The van der Waals surface area contributed by atoms with E-state index in [-0.39, 0.29) is 12.2 Å². The first-order valence-electron chi connectivity index (χ1n) is 9.18. The van der Waals surface area contributed by atoms with Crippen molar-refractivity contribution in [1.82, 2.24) is 10.9 Å². The average Bonchev–Trinajstić information content (AvgIpc) is 2.76. The second-order valence-electron chi connectivity index (χ2n) is 6.26. The van der Waals surface area contributed by atoms with Crippen LogP contribution in [0.5, 0.6) is 23.0 Å². The molecule has 2 amide bonds. The van der Waals surface area contributed by atoms with E-state index in [0.29, 0.717) is 23.7 Å². The summed E-state index contributed by atoms with van der Waals surface area (Å²) >= 11 is 0. The predicted molar refractivity (Wildman–Crippen MR) is 107 cm³/mol. The van der Waals surface area contributed by atoms with Gasteiger partial charge in [0.1, 0.15) is 0 Å². The number of nitrogens with one attached hydrogen (secondary N) is 2. The van der Waals surface area contributed by atoms with Crippen LogP contribution >= 0.6 is 0 Å². The first kappa shape index (κ1) is 22.8. The number of hydrazine groups is 1. The molecule has 0 aliphatic rings. The molecule has 0 aliphatic heterocycles. The van der Waals surface area contributed by atoms with Crippen LogP contribution in [-0.4, -0.2) is 39.2 Å².